The van der Waals surface area contributed by atoms with Crippen molar-refractivity contribution in [2.45, 2.75) is 0 Å². The van der Waals surface area contributed by atoms with E-state index in [0.29, 0.717) is 5.82 Å². The van der Waals surface area contributed by atoms with Gasteiger partial charge < -0.3 is 0 Å². The summed E-state index contributed by atoms with van der Waals surface area (Å²) in [5.41, 5.74) is 10.2. The minimum absolute atomic E-state index is 0.409. The van der Waals surface area contributed by atoms with Crippen LogP contribution in [0.15, 0.2) is 53.8 Å². The number of pyridine rings is 1. The predicted octanol–water partition coefficient (Wildman–Crippen LogP) is 3.69. The van der Waals surface area contributed by atoms with Crippen LogP contribution >= 0.6 is 0 Å². The van der Waals surface area contributed by atoms with Crippen molar-refractivity contribution in [1.29, 1.82) is 0 Å². The molecule has 4 heteroatoms. The van der Waals surface area contributed by atoms with Crippen LogP contribution in [0.25, 0.3) is 21.6 Å². The maximum absolute atomic E-state index is 8.41. The number of rotatable bonds is 2. The van der Waals surface area contributed by atoms with Crippen molar-refractivity contribution < 1.29 is 0 Å². The van der Waals surface area contributed by atoms with Crippen LogP contribution in [0.1, 0.15) is 0 Å². The molecule has 0 atom stereocenters. The number of benzene rings is 1. The number of hydrogen-bond acceptors (Lipinski definition) is 2. The molecule has 1 aromatic carbocycles. The third-order valence-electron chi connectivity index (χ3n) is 2.01. The van der Waals surface area contributed by atoms with Gasteiger partial charge in [-0.2, -0.15) is 0 Å². The molecular formula is C11H8N4. The zero-order valence-electron chi connectivity index (χ0n) is 7.91. The van der Waals surface area contributed by atoms with Crippen LogP contribution in [0, 0.1) is 0 Å². The van der Waals surface area contributed by atoms with E-state index >= 15 is 0 Å². The Bertz CT molecular complexity index is 501. The van der Waals surface area contributed by atoms with Crippen LogP contribution < -0.4 is 0 Å². The number of nitrogens with zero attached hydrogens (tertiary/aromatic N) is 4. The smallest absolute Gasteiger partial charge is 0.134 e. The fourth-order valence-corrected chi connectivity index (χ4v) is 1.36. The average molecular weight is 196 g/mol. The van der Waals surface area contributed by atoms with Gasteiger partial charge in [0, 0.05) is 16.7 Å². The number of azide groups is 1. The van der Waals surface area contributed by atoms with Gasteiger partial charge in [0.1, 0.15) is 5.82 Å². The minimum atomic E-state index is 0.409. The molecule has 4 nitrogen and oxygen atoms in total. The molecule has 0 amide bonds. The maximum atomic E-state index is 8.41. The normalized spacial score (nSPS) is 9.33. The standard InChI is InChI=1S/C11H8N4/c12-15-14-11-10(7-4-8-13-11)9-5-2-1-3-6-9/h1-8H. The summed E-state index contributed by atoms with van der Waals surface area (Å²) in [6.07, 6.45) is 1.61. The van der Waals surface area contributed by atoms with Crippen LogP contribution in [-0.2, 0) is 0 Å². The zero-order chi connectivity index (χ0) is 10.5. The molecule has 1 aromatic heterocycles. The molecular weight excluding hydrogens is 188 g/mol. The molecule has 0 radical (unpaired) electrons. The Morgan fingerprint density at radius 1 is 1.07 bits per heavy atom. The first kappa shape index (κ1) is 9.24. The molecule has 0 aliphatic heterocycles. The van der Waals surface area contributed by atoms with E-state index in [2.05, 4.69) is 15.0 Å². The summed E-state index contributed by atoms with van der Waals surface area (Å²) in [5.74, 6) is 0.409. The fourth-order valence-electron chi connectivity index (χ4n) is 1.36. The topological polar surface area (TPSA) is 61.7 Å². The summed E-state index contributed by atoms with van der Waals surface area (Å²) >= 11 is 0. The quantitative estimate of drug-likeness (QED) is 0.410. The van der Waals surface area contributed by atoms with Gasteiger partial charge in [-0.3, -0.25) is 4.98 Å². The van der Waals surface area contributed by atoms with Gasteiger partial charge in [0.2, 0.25) is 0 Å². The van der Waals surface area contributed by atoms with Crippen molar-refractivity contribution in [3.8, 4) is 11.1 Å². The molecule has 0 unspecified atom stereocenters. The van der Waals surface area contributed by atoms with Crippen molar-refractivity contribution in [3.05, 3.63) is 59.1 Å². The predicted molar refractivity (Wildman–Crippen MR) is 58.5 cm³/mol. The van der Waals surface area contributed by atoms with Gasteiger partial charge in [0.25, 0.3) is 0 Å². The van der Waals surface area contributed by atoms with E-state index in [0.717, 1.165) is 11.1 Å². The summed E-state index contributed by atoms with van der Waals surface area (Å²) in [7, 11) is 0. The van der Waals surface area contributed by atoms with Crippen LogP contribution in [0.5, 0.6) is 0 Å². The lowest BCUT2D eigenvalue weighted by Crippen LogP contribution is -1.80. The molecule has 0 fully saturated rings. The van der Waals surface area contributed by atoms with E-state index in [-0.39, 0.29) is 0 Å². The van der Waals surface area contributed by atoms with Gasteiger partial charge in [-0.25, -0.2) is 0 Å². The van der Waals surface area contributed by atoms with Crippen molar-refractivity contribution >= 4 is 5.82 Å². The fraction of sp³-hybridized carbons (Fsp3) is 0. The lowest BCUT2D eigenvalue weighted by molar-refractivity contribution is 1.26. The summed E-state index contributed by atoms with van der Waals surface area (Å²) < 4.78 is 0. The Morgan fingerprint density at radius 3 is 2.60 bits per heavy atom. The molecule has 0 N–H and O–H groups in total. The highest BCUT2D eigenvalue weighted by molar-refractivity contribution is 5.72. The summed E-state index contributed by atoms with van der Waals surface area (Å²) in [5, 5.41) is 3.55. The molecule has 1 heterocycles. The summed E-state index contributed by atoms with van der Waals surface area (Å²) in [4.78, 5) is 6.78. The van der Waals surface area contributed by atoms with Crippen LogP contribution in [0.3, 0.4) is 0 Å². The van der Waals surface area contributed by atoms with Crippen LogP contribution in [-0.4, -0.2) is 4.98 Å². The number of aromatic nitrogens is 1. The molecule has 2 aromatic rings. The summed E-state index contributed by atoms with van der Waals surface area (Å²) in [6.45, 7) is 0. The van der Waals surface area contributed by atoms with Gasteiger partial charge in [0.05, 0.1) is 0 Å². The van der Waals surface area contributed by atoms with Gasteiger partial charge in [0.15, 0.2) is 0 Å². The van der Waals surface area contributed by atoms with Crippen molar-refractivity contribution in [3.63, 3.8) is 0 Å². The Hall–Kier alpha value is -2.32. The van der Waals surface area contributed by atoms with Gasteiger partial charge in [-0.15, -0.1) is 0 Å². The second-order valence-corrected chi connectivity index (χ2v) is 2.93. The monoisotopic (exact) mass is 196 g/mol. The zero-order valence-corrected chi connectivity index (χ0v) is 7.91. The first-order valence-corrected chi connectivity index (χ1v) is 4.47. The van der Waals surface area contributed by atoms with Gasteiger partial charge in [-0.05, 0) is 22.3 Å². The third-order valence-corrected chi connectivity index (χ3v) is 2.01. The largest absolute Gasteiger partial charge is 0.254 e. The molecule has 0 aliphatic rings. The highest BCUT2D eigenvalue weighted by Gasteiger charge is 2.02. The Morgan fingerprint density at radius 2 is 1.87 bits per heavy atom. The minimum Gasteiger partial charge on any atom is -0.254 e. The highest BCUT2D eigenvalue weighted by atomic mass is 15.2. The lowest BCUT2D eigenvalue weighted by atomic mass is 10.1. The SMILES string of the molecule is [N-]=[N+]=Nc1ncccc1-c1ccccc1. The van der Waals surface area contributed by atoms with E-state index in [1.165, 1.54) is 0 Å². The van der Waals surface area contributed by atoms with E-state index < -0.39 is 0 Å². The molecule has 72 valence electrons. The van der Waals surface area contributed by atoms with Crippen molar-refractivity contribution in [1.82, 2.24) is 4.98 Å². The lowest BCUT2D eigenvalue weighted by Gasteiger charge is -2.02. The molecule has 0 saturated carbocycles. The Kier molecular flexibility index (Phi) is 2.63. The second kappa shape index (κ2) is 4.26. The second-order valence-electron chi connectivity index (χ2n) is 2.93. The first-order chi connectivity index (χ1) is 7.42. The van der Waals surface area contributed by atoms with E-state index in [9.17, 15) is 0 Å². The molecule has 0 saturated heterocycles. The van der Waals surface area contributed by atoms with Crippen molar-refractivity contribution in [2.75, 3.05) is 0 Å². The average Bonchev–Trinajstić information content (AvgIpc) is 2.31. The first-order valence-electron chi connectivity index (χ1n) is 4.47. The third kappa shape index (κ3) is 1.95. The van der Waals surface area contributed by atoms with Crippen LogP contribution in [0.4, 0.5) is 5.82 Å². The maximum Gasteiger partial charge on any atom is 0.134 e. The highest BCUT2D eigenvalue weighted by Crippen LogP contribution is 2.27. The van der Waals surface area contributed by atoms with Crippen LogP contribution in [0.2, 0.25) is 0 Å². The van der Waals surface area contributed by atoms with E-state index in [1.54, 1.807) is 6.20 Å². The summed E-state index contributed by atoms with van der Waals surface area (Å²) in [6, 6.07) is 13.4. The van der Waals surface area contributed by atoms with E-state index in [4.69, 9.17) is 5.53 Å². The molecule has 0 spiro atoms. The molecule has 2 rings (SSSR count). The van der Waals surface area contributed by atoms with Gasteiger partial charge >= 0.3 is 0 Å². The number of hydrogen-bond donors (Lipinski definition) is 0. The Labute approximate surface area is 86.8 Å². The Balaban J connectivity index is 2.58. The van der Waals surface area contributed by atoms with E-state index in [1.807, 2.05) is 42.5 Å². The molecule has 15 heavy (non-hydrogen) atoms. The van der Waals surface area contributed by atoms with Gasteiger partial charge in [-0.1, -0.05) is 36.4 Å². The van der Waals surface area contributed by atoms with Crippen molar-refractivity contribution in [2.24, 2.45) is 5.11 Å². The molecule has 0 bridgehead atoms. The molecule has 0 aliphatic carbocycles.